The standard InChI is InChI=1S/C7H16N2S/c1-8-3-4-9(2)7(5-8)6-10/h7,10H,3-6H2,1-2H3. The van der Waals surface area contributed by atoms with Crippen LogP contribution in [-0.2, 0) is 0 Å². The molecule has 1 heterocycles. The van der Waals surface area contributed by atoms with Gasteiger partial charge in [-0.05, 0) is 14.1 Å². The summed E-state index contributed by atoms with van der Waals surface area (Å²) in [7, 11) is 4.34. The van der Waals surface area contributed by atoms with Gasteiger partial charge in [-0.25, -0.2) is 0 Å². The number of thiol groups is 1. The Morgan fingerprint density at radius 1 is 1.40 bits per heavy atom. The Bertz CT molecular complexity index is 108. The molecule has 0 bridgehead atoms. The van der Waals surface area contributed by atoms with E-state index in [4.69, 9.17) is 0 Å². The lowest BCUT2D eigenvalue weighted by Crippen LogP contribution is -2.50. The summed E-state index contributed by atoms with van der Waals surface area (Å²) in [4.78, 5) is 4.74. The predicted octanol–water partition coefficient (Wildman–Crippen LogP) is 0.162. The first kappa shape index (κ1) is 8.37. The second-order valence-corrected chi connectivity index (χ2v) is 3.44. The van der Waals surface area contributed by atoms with Crippen molar-refractivity contribution < 1.29 is 0 Å². The summed E-state index contributed by atoms with van der Waals surface area (Å²) in [6.07, 6.45) is 0. The second kappa shape index (κ2) is 3.60. The summed E-state index contributed by atoms with van der Waals surface area (Å²) in [5, 5.41) is 0. The van der Waals surface area contributed by atoms with E-state index in [1.807, 2.05) is 0 Å². The SMILES string of the molecule is CN1CCN(C)C(CS)C1. The first-order valence-corrected chi connectivity index (χ1v) is 4.37. The van der Waals surface area contributed by atoms with Gasteiger partial charge in [-0.1, -0.05) is 0 Å². The fourth-order valence-corrected chi connectivity index (χ4v) is 1.69. The third kappa shape index (κ3) is 1.87. The average Bonchev–Trinajstić information content (AvgIpc) is 1.94. The molecule has 1 unspecified atom stereocenters. The van der Waals surface area contributed by atoms with Crippen LogP contribution in [0.15, 0.2) is 0 Å². The van der Waals surface area contributed by atoms with E-state index in [9.17, 15) is 0 Å². The molecule has 0 aromatic rings. The molecule has 10 heavy (non-hydrogen) atoms. The molecule has 1 fully saturated rings. The Kier molecular flexibility index (Phi) is 3.01. The van der Waals surface area contributed by atoms with Gasteiger partial charge in [-0.2, -0.15) is 12.6 Å². The Morgan fingerprint density at radius 2 is 2.10 bits per heavy atom. The van der Waals surface area contributed by atoms with E-state index in [2.05, 4.69) is 36.5 Å². The van der Waals surface area contributed by atoms with Gasteiger partial charge in [-0.3, -0.25) is 0 Å². The summed E-state index contributed by atoms with van der Waals surface area (Å²) in [5.74, 6) is 0.973. The van der Waals surface area contributed by atoms with Gasteiger partial charge >= 0.3 is 0 Å². The van der Waals surface area contributed by atoms with Crippen LogP contribution < -0.4 is 0 Å². The number of piperazine rings is 1. The Morgan fingerprint density at radius 3 is 2.60 bits per heavy atom. The van der Waals surface area contributed by atoms with Crippen LogP contribution >= 0.6 is 12.6 Å². The Labute approximate surface area is 68.6 Å². The fraction of sp³-hybridized carbons (Fsp3) is 1.00. The molecule has 1 aliphatic rings. The van der Waals surface area contributed by atoms with Crippen LogP contribution in [0.3, 0.4) is 0 Å². The van der Waals surface area contributed by atoms with E-state index >= 15 is 0 Å². The van der Waals surface area contributed by atoms with Crippen LogP contribution in [0.1, 0.15) is 0 Å². The fourth-order valence-electron chi connectivity index (χ4n) is 1.30. The number of likely N-dealkylation sites (N-methyl/N-ethyl adjacent to an activating group) is 2. The molecule has 3 heteroatoms. The van der Waals surface area contributed by atoms with E-state index in [1.54, 1.807) is 0 Å². The van der Waals surface area contributed by atoms with Crippen LogP contribution in [0, 0.1) is 0 Å². The zero-order chi connectivity index (χ0) is 7.56. The highest BCUT2D eigenvalue weighted by Gasteiger charge is 2.19. The van der Waals surface area contributed by atoms with E-state index < -0.39 is 0 Å². The molecule has 0 saturated carbocycles. The molecular formula is C7H16N2S. The van der Waals surface area contributed by atoms with Crippen molar-refractivity contribution in [1.82, 2.24) is 9.80 Å². The molecule has 60 valence electrons. The molecule has 0 spiro atoms. The number of hydrogen-bond acceptors (Lipinski definition) is 3. The summed E-state index contributed by atoms with van der Waals surface area (Å²) < 4.78 is 0. The molecule has 0 aromatic carbocycles. The molecule has 2 nitrogen and oxygen atoms in total. The molecule has 0 aromatic heterocycles. The highest BCUT2D eigenvalue weighted by atomic mass is 32.1. The molecule has 0 amide bonds. The van der Waals surface area contributed by atoms with E-state index in [0.717, 1.165) is 5.75 Å². The molecule has 0 aliphatic carbocycles. The number of nitrogens with zero attached hydrogens (tertiary/aromatic N) is 2. The van der Waals surface area contributed by atoms with E-state index in [1.165, 1.54) is 19.6 Å². The normalized spacial score (nSPS) is 30.9. The predicted molar refractivity (Wildman–Crippen MR) is 47.8 cm³/mol. The lowest BCUT2D eigenvalue weighted by Gasteiger charge is -2.36. The van der Waals surface area contributed by atoms with Gasteiger partial charge in [-0.15, -0.1) is 0 Å². The smallest absolute Gasteiger partial charge is 0.0308 e. The second-order valence-electron chi connectivity index (χ2n) is 3.08. The molecule has 0 radical (unpaired) electrons. The topological polar surface area (TPSA) is 6.48 Å². The molecular weight excluding hydrogens is 144 g/mol. The van der Waals surface area contributed by atoms with Crippen molar-refractivity contribution in [2.24, 2.45) is 0 Å². The van der Waals surface area contributed by atoms with Crippen molar-refractivity contribution in [3.8, 4) is 0 Å². The first-order chi connectivity index (χ1) is 4.74. The third-order valence-corrected chi connectivity index (χ3v) is 2.61. The maximum absolute atomic E-state index is 4.30. The van der Waals surface area contributed by atoms with Gasteiger partial charge in [0.15, 0.2) is 0 Å². The third-order valence-electron chi connectivity index (χ3n) is 2.19. The van der Waals surface area contributed by atoms with Gasteiger partial charge in [0.05, 0.1) is 0 Å². The molecule has 0 N–H and O–H groups in total. The zero-order valence-corrected chi connectivity index (χ0v) is 7.64. The number of rotatable bonds is 1. The minimum absolute atomic E-state index is 0.655. The van der Waals surface area contributed by atoms with Crippen molar-refractivity contribution in [2.75, 3.05) is 39.5 Å². The Hall–Kier alpha value is 0.270. The summed E-state index contributed by atoms with van der Waals surface area (Å²) >= 11 is 4.30. The summed E-state index contributed by atoms with van der Waals surface area (Å²) in [6.45, 7) is 3.54. The highest BCUT2D eigenvalue weighted by Crippen LogP contribution is 2.06. The Balaban J connectivity index is 2.38. The van der Waals surface area contributed by atoms with Crippen LogP contribution in [0.25, 0.3) is 0 Å². The van der Waals surface area contributed by atoms with Crippen LogP contribution in [0.4, 0.5) is 0 Å². The van der Waals surface area contributed by atoms with Crippen molar-refractivity contribution in [2.45, 2.75) is 6.04 Å². The van der Waals surface area contributed by atoms with Crippen LogP contribution in [0.5, 0.6) is 0 Å². The molecule has 1 rings (SSSR count). The quantitative estimate of drug-likeness (QED) is 0.546. The van der Waals surface area contributed by atoms with Gasteiger partial charge in [0.2, 0.25) is 0 Å². The van der Waals surface area contributed by atoms with Gasteiger partial charge < -0.3 is 9.80 Å². The van der Waals surface area contributed by atoms with Crippen molar-refractivity contribution in [1.29, 1.82) is 0 Å². The van der Waals surface area contributed by atoms with Crippen molar-refractivity contribution in [3.05, 3.63) is 0 Å². The highest BCUT2D eigenvalue weighted by molar-refractivity contribution is 7.80. The first-order valence-electron chi connectivity index (χ1n) is 3.73. The number of hydrogen-bond donors (Lipinski definition) is 1. The van der Waals surface area contributed by atoms with Crippen molar-refractivity contribution >= 4 is 12.6 Å². The lowest BCUT2D eigenvalue weighted by atomic mass is 10.2. The van der Waals surface area contributed by atoms with Gasteiger partial charge in [0.25, 0.3) is 0 Å². The maximum atomic E-state index is 4.30. The molecule has 1 saturated heterocycles. The summed E-state index contributed by atoms with van der Waals surface area (Å²) in [5.41, 5.74) is 0. The van der Waals surface area contributed by atoms with Gasteiger partial charge in [0, 0.05) is 31.4 Å². The molecule has 1 aliphatic heterocycles. The largest absolute Gasteiger partial charge is 0.304 e. The zero-order valence-electron chi connectivity index (χ0n) is 6.75. The van der Waals surface area contributed by atoms with Crippen LogP contribution in [-0.4, -0.2) is 55.3 Å². The van der Waals surface area contributed by atoms with E-state index in [-0.39, 0.29) is 0 Å². The molecule has 1 atom stereocenters. The summed E-state index contributed by atoms with van der Waals surface area (Å²) in [6, 6.07) is 0.655. The van der Waals surface area contributed by atoms with Crippen molar-refractivity contribution in [3.63, 3.8) is 0 Å². The maximum Gasteiger partial charge on any atom is 0.0308 e. The van der Waals surface area contributed by atoms with E-state index in [0.29, 0.717) is 6.04 Å². The lowest BCUT2D eigenvalue weighted by molar-refractivity contribution is 0.128. The average molecular weight is 160 g/mol. The minimum Gasteiger partial charge on any atom is -0.304 e. The van der Waals surface area contributed by atoms with Crippen LogP contribution in [0.2, 0.25) is 0 Å². The minimum atomic E-state index is 0.655. The monoisotopic (exact) mass is 160 g/mol. The van der Waals surface area contributed by atoms with Gasteiger partial charge in [0.1, 0.15) is 0 Å².